The van der Waals surface area contributed by atoms with Crippen molar-refractivity contribution >= 4 is 25.2 Å². The Morgan fingerprint density at radius 2 is 1.39 bits per heavy atom. The Labute approximate surface area is 230 Å². The number of hydrogen-bond acceptors (Lipinski definition) is 4. The number of Topliss-reactive ketones (excluding diaryl/α,β-unsaturated/α-hetero) is 1. The minimum absolute atomic E-state index is 0.107. The summed E-state index contributed by atoms with van der Waals surface area (Å²) in [5.41, 5.74) is 1.15. The number of nitrogens with one attached hydrogen (secondary N) is 1. The Bertz CT molecular complexity index is 894. The van der Waals surface area contributed by atoms with Gasteiger partial charge >= 0.3 is 7.82 Å². The highest BCUT2D eigenvalue weighted by Crippen LogP contribution is 2.43. The van der Waals surface area contributed by atoms with Gasteiger partial charge in [-0.15, -0.1) is 0 Å². The van der Waals surface area contributed by atoms with E-state index in [1.165, 1.54) is 71.1 Å². The molecule has 0 spiro atoms. The lowest BCUT2D eigenvalue weighted by Gasteiger charge is -2.30. The van der Waals surface area contributed by atoms with Gasteiger partial charge in [-0.2, -0.15) is 0 Å². The number of phosphoric ester groups is 1. The van der Waals surface area contributed by atoms with E-state index in [9.17, 15) is 23.9 Å². The van der Waals surface area contributed by atoms with E-state index in [-0.39, 0.29) is 23.8 Å². The molecule has 1 atom stereocenters. The van der Waals surface area contributed by atoms with Gasteiger partial charge in [-0.05, 0) is 31.0 Å². The zero-order chi connectivity index (χ0) is 28.6. The fourth-order valence-electron chi connectivity index (χ4n) is 4.60. The van der Waals surface area contributed by atoms with E-state index in [0.29, 0.717) is 22.2 Å². The molecule has 1 amide bonds. The van der Waals surface area contributed by atoms with E-state index in [1.807, 2.05) is 21.1 Å². The first kappa shape index (κ1) is 34.5. The van der Waals surface area contributed by atoms with Crippen molar-refractivity contribution < 1.29 is 32.9 Å². The summed E-state index contributed by atoms with van der Waals surface area (Å²) in [5.74, 6) is -0.377. The molecule has 9 heteroatoms. The number of ketones is 1. The summed E-state index contributed by atoms with van der Waals surface area (Å²) in [6, 6.07) is 4.81. The molecule has 3 N–H and O–H groups in total. The molecule has 1 aromatic carbocycles. The number of quaternary nitrogens is 1. The van der Waals surface area contributed by atoms with Gasteiger partial charge < -0.3 is 19.6 Å². The number of rotatable bonds is 21. The van der Waals surface area contributed by atoms with Crippen LogP contribution in [0.3, 0.4) is 0 Å². The van der Waals surface area contributed by atoms with Gasteiger partial charge in [-0.25, -0.2) is 4.57 Å². The monoisotopic (exact) mass is 555 g/mol. The number of likely N-dealkylation sites (N-methyl/N-ethyl adjacent to an activating group) is 1. The molecule has 0 aliphatic rings. The molecular weight excluding hydrogens is 503 g/mol. The summed E-state index contributed by atoms with van der Waals surface area (Å²) in [6.07, 6.45) is 15.7. The maximum absolute atomic E-state index is 12.5. The molecule has 0 radical (unpaired) electrons. The van der Waals surface area contributed by atoms with Crippen LogP contribution in [0, 0.1) is 0 Å². The maximum atomic E-state index is 12.5. The first-order chi connectivity index (χ1) is 17.8. The predicted molar refractivity (Wildman–Crippen MR) is 154 cm³/mol. The number of carbonyl (C=O) groups excluding carboxylic acids is 2. The van der Waals surface area contributed by atoms with Gasteiger partial charge in [0.15, 0.2) is 5.78 Å². The van der Waals surface area contributed by atoms with E-state index in [2.05, 4.69) is 12.2 Å². The molecule has 0 aromatic heterocycles. The van der Waals surface area contributed by atoms with Gasteiger partial charge in [0, 0.05) is 17.7 Å². The van der Waals surface area contributed by atoms with Crippen LogP contribution in [0.15, 0.2) is 18.2 Å². The highest BCUT2D eigenvalue weighted by atomic mass is 31.2. The lowest BCUT2D eigenvalue weighted by atomic mass is 9.98. The topological polar surface area (TPSA) is 113 Å². The fraction of sp³-hybridized carbons (Fsp3) is 0.724. The maximum Gasteiger partial charge on any atom is 0.470 e. The summed E-state index contributed by atoms with van der Waals surface area (Å²) in [5, 5.41) is 2.85. The van der Waals surface area contributed by atoms with Crippen molar-refractivity contribution in [2.75, 3.05) is 33.0 Å². The van der Waals surface area contributed by atoms with E-state index in [4.69, 9.17) is 4.52 Å². The number of hydrogen-bond donors (Lipinski definition) is 3. The molecule has 1 aromatic rings. The minimum Gasteiger partial charge on any atom is -0.328 e. The summed E-state index contributed by atoms with van der Waals surface area (Å²) >= 11 is 0. The van der Waals surface area contributed by atoms with Crippen LogP contribution >= 0.6 is 7.82 Å². The standard InChI is InChI=1S/C29H51N2O6P/c1-6-7-8-9-10-11-12-13-14-15-16-17-18-19-29(33)30-25-20-21-26(27(22-25)24(2)32)28(23-31(3,4)5)37-38(34,35)36/h20-22,28H,6-19,23H2,1-5H3,(H2-,30,33,34,35,36)/p+1. The van der Waals surface area contributed by atoms with Gasteiger partial charge in [0.1, 0.15) is 12.6 Å². The molecule has 1 rings (SSSR count). The fourth-order valence-corrected chi connectivity index (χ4v) is 5.11. The molecule has 0 saturated carbocycles. The normalized spacial score (nSPS) is 12.9. The largest absolute Gasteiger partial charge is 0.470 e. The summed E-state index contributed by atoms with van der Waals surface area (Å²) in [6.45, 7) is 3.88. The van der Waals surface area contributed by atoms with Crippen molar-refractivity contribution in [3.8, 4) is 0 Å². The molecule has 0 aliphatic carbocycles. The molecule has 0 aliphatic heterocycles. The molecule has 1 unspecified atom stereocenters. The highest BCUT2D eigenvalue weighted by Gasteiger charge is 2.31. The Morgan fingerprint density at radius 3 is 1.84 bits per heavy atom. The molecular formula is C29H52N2O6P+. The predicted octanol–water partition coefficient (Wildman–Crippen LogP) is 7.17. The first-order valence-electron chi connectivity index (χ1n) is 14.3. The molecule has 0 bridgehead atoms. The van der Waals surface area contributed by atoms with Gasteiger partial charge in [0.05, 0.1) is 21.1 Å². The summed E-state index contributed by atoms with van der Waals surface area (Å²) < 4.78 is 17.0. The van der Waals surface area contributed by atoms with E-state index in [0.717, 1.165) is 19.3 Å². The Hall–Kier alpha value is -1.57. The van der Waals surface area contributed by atoms with E-state index >= 15 is 0 Å². The van der Waals surface area contributed by atoms with Crippen LogP contribution in [0.25, 0.3) is 0 Å². The lowest BCUT2D eigenvalue weighted by molar-refractivity contribution is -0.874. The second-order valence-corrected chi connectivity index (χ2v) is 12.6. The third-order valence-corrected chi connectivity index (χ3v) is 7.08. The second-order valence-electron chi connectivity index (χ2n) is 11.5. The molecule has 0 saturated heterocycles. The van der Waals surface area contributed by atoms with Gasteiger partial charge in [-0.3, -0.25) is 14.1 Å². The molecule has 0 fully saturated rings. The number of phosphoric acid groups is 1. The number of amides is 1. The van der Waals surface area contributed by atoms with Crippen molar-refractivity contribution in [2.45, 2.75) is 110 Å². The van der Waals surface area contributed by atoms with Gasteiger partial charge in [0.2, 0.25) is 5.91 Å². The van der Waals surface area contributed by atoms with Crippen molar-refractivity contribution in [1.82, 2.24) is 0 Å². The van der Waals surface area contributed by atoms with Crippen LogP contribution in [-0.2, 0) is 13.9 Å². The number of anilines is 1. The average molecular weight is 556 g/mol. The van der Waals surface area contributed by atoms with Crippen LogP contribution in [0.1, 0.15) is 126 Å². The molecule has 8 nitrogen and oxygen atoms in total. The van der Waals surface area contributed by atoms with E-state index in [1.54, 1.807) is 18.2 Å². The van der Waals surface area contributed by atoms with Crippen LogP contribution in [-0.4, -0.2) is 53.6 Å². The summed E-state index contributed by atoms with van der Waals surface area (Å²) in [4.78, 5) is 43.7. The van der Waals surface area contributed by atoms with Crippen molar-refractivity contribution in [3.63, 3.8) is 0 Å². The smallest absolute Gasteiger partial charge is 0.328 e. The number of nitrogens with zero attached hydrogens (tertiary/aromatic N) is 1. The van der Waals surface area contributed by atoms with Crippen molar-refractivity contribution in [1.29, 1.82) is 0 Å². The molecule has 0 heterocycles. The molecule has 38 heavy (non-hydrogen) atoms. The third kappa shape index (κ3) is 16.4. The quantitative estimate of drug-likeness (QED) is 0.0642. The van der Waals surface area contributed by atoms with Crippen molar-refractivity contribution in [3.05, 3.63) is 29.3 Å². The zero-order valence-electron chi connectivity index (χ0n) is 24.3. The van der Waals surface area contributed by atoms with E-state index < -0.39 is 13.9 Å². The van der Waals surface area contributed by atoms with Crippen molar-refractivity contribution in [2.24, 2.45) is 0 Å². The average Bonchev–Trinajstić information content (AvgIpc) is 2.79. The lowest BCUT2D eigenvalue weighted by Crippen LogP contribution is -2.39. The zero-order valence-corrected chi connectivity index (χ0v) is 25.2. The van der Waals surface area contributed by atoms with Crippen LogP contribution in [0.5, 0.6) is 0 Å². The Balaban J connectivity index is 2.49. The second kappa shape index (κ2) is 17.9. The van der Waals surface area contributed by atoms with Gasteiger partial charge in [0.25, 0.3) is 0 Å². The van der Waals surface area contributed by atoms with Crippen LogP contribution < -0.4 is 5.32 Å². The Kier molecular flexibility index (Phi) is 16.2. The highest BCUT2D eigenvalue weighted by molar-refractivity contribution is 7.46. The first-order valence-corrected chi connectivity index (χ1v) is 15.8. The van der Waals surface area contributed by atoms with Crippen LogP contribution in [0.4, 0.5) is 5.69 Å². The van der Waals surface area contributed by atoms with Crippen LogP contribution in [0.2, 0.25) is 0 Å². The number of benzene rings is 1. The third-order valence-electron chi connectivity index (χ3n) is 6.55. The Morgan fingerprint density at radius 1 is 0.895 bits per heavy atom. The SMILES string of the molecule is CCCCCCCCCCCCCCCC(=O)Nc1ccc(C(C[N+](C)(C)C)OP(=O)(O)O)c(C(C)=O)c1. The minimum atomic E-state index is -4.78. The summed E-state index contributed by atoms with van der Waals surface area (Å²) in [7, 11) is 0.826. The number of unbranched alkanes of at least 4 members (excludes halogenated alkanes) is 12. The van der Waals surface area contributed by atoms with Gasteiger partial charge in [-0.1, -0.05) is 90.0 Å². The number of carbonyl (C=O) groups is 2. The molecule has 218 valence electrons.